The fourth-order valence-corrected chi connectivity index (χ4v) is 13.2. The number of thiophene rings is 1. The fourth-order valence-electron chi connectivity index (χ4n) is 12.0. The van der Waals surface area contributed by atoms with Crippen LogP contribution in [-0.4, -0.2) is 24.1 Å². The van der Waals surface area contributed by atoms with Crippen molar-refractivity contribution in [3.8, 4) is 56.7 Å². The van der Waals surface area contributed by atoms with Gasteiger partial charge in [-0.2, -0.15) is 0 Å². The van der Waals surface area contributed by atoms with Crippen LogP contribution in [0.1, 0.15) is 41.6 Å². The van der Waals surface area contributed by atoms with E-state index in [0.29, 0.717) is 17.5 Å². The number of aromatic nitrogens is 5. The van der Waals surface area contributed by atoms with E-state index in [1.54, 1.807) is 11.3 Å². The highest BCUT2D eigenvalue weighted by atomic mass is 32.1. The van der Waals surface area contributed by atoms with Gasteiger partial charge in [0.1, 0.15) is 0 Å². The normalized spacial score (nSPS) is 13.5. The molecule has 0 fully saturated rings. The van der Waals surface area contributed by atoms with Gasteiger partial charge in [0.05, 0.1) is 22.2 Å². The fraction of sp³-hybridized carbons (Fsp3) is 0.0580. The summed E-state index contributed by atoms with van der Waals surface area (Å²) in [6.07, 6.45) is 13.2. The molecule has 0 radical (unpaired) electrons. The Morgan fingerprint density at radius 1 is 0.427 bits per heavy atom. The van der Waals surface area contributed by atoms with Crippen molar-refractivity contribution < 1.29 is 0 Å². The van der Waals surface area contributed by atoms with Crippen LogP contribution >= 0.6 is 11.3 Å². The molecule has 0 unspecified atom stereocenters. The maximum Gasteiger partial charge on any atom is 0.166 e. The van der Waals surface area contributed by atoms with Crippen molar-refractivity contribution >= 4 is 75.4 Å². The average molecular weight is 978 g/mol. The zero-order valence-electron chi connectivity index (χ0n) is 41.0. The summed E-state index contributed by atoms with van der Waals surface area (Å²) >= 11 is 1.79. The standard InChI is InChI=1S/C69H47N5S/c1-5-20-44(21-6-1)47-38-40-55-61(42-47)74(60-36-19-31-52(65(55)60)51-30-18-35-59-64(51)54-29-13-15-34-58(54)73(59)49-26-11-4-12-27-49)62-43-48(45-22-7-2-8-23-45)39-41-56(62)68-70-67(46-24-9-3-10-25-46)71-69(72-68)57-33-17-32-53-50-28-14-16-37-63(50)75-66(53)57/h1-5,7-17,19-20,22-34,36-43H,6,18,21,35H2. The van der Waals surface area contributed by atoms with Gasteiger partial charge in [0.2, 0.25) is 0 Å². The topological polar surface area (TPSA) is 48.5 Å². The molecule has 9 aromatic carbocycles. The Morgan fingerprint density at radius 3 is 1.93 bits per heavy atom. The lowest BCUT2D eigenvalue weighted by atomic mass is 9.87. The quantitative estimate of drug-likeness (QED) is 0.152. The summed E-state index contributed by atoms with van der Waals surface area (Å²) in [5, 5.41) is 6.13. The number of rotatable bonds is 8. The Kier molecular flexibility index (Phi) is 10.3. The summed E-state index contributed by atoms with van der Waals surface area (Å²) in [6.45, 7) is 0. The monoisotopic (exact) mass is 977 g/mol. The molecule has 354 valence electrons. The first-order valence-corrected chi connectivity index (χ1v) is 26.8. The van der Waals surface area contributed by atoms with Gasteiger partial charge < -0.3 is 9.13 Å². The van der Waals surface area contributed by atoms with Gasteiger partial charge in [-0.05, 0) is 114 Å². The Hall–Kier alpha value is -9.23. The van der Waals surface area contributed by atoms with E-state index in [2.05, 4.69) is 240 Å². The minimum absolute atomic E-state index is 0.613. The molecule has 2 aliphatic rings. The second-order valence-electron chi connectivity index (χ2n) is 19.6. The smallest absolute Gasteiger partial charge is 0.166 e. The number of hydrogen-bond acceptors (Lipinski definition) is 4. The van der Waals surface area contributed by atoms with E-state index in [-0.39, 0.29) is 0 Å². The van der Waals surface area contributed by atoms with Gasteiger partial charge in [0, 0.05) is 70.0 Å². The van der Waals surface area contributed by atoms with E-state index < -0.39 is 0 Å². The zero-order chi connectivity index (χ0) is 49.4. The van der Waals surface area contributed by atoms with Crippen LogP contribution in [0.2, 0.25) is 0 Å². The van der Waals surface area contributed by atoms with Gasteiger partial charge in [0.25, 0.3) is 0 Å². The van der Waals surface area contributed by atoms with E-state index >= 15 is 0 Å². The second kappa shape index (κ2) is 17.8. The molecule has 0 aliphatic heterocycles. The van der Waals surface area contributed by atoms with Crippen molar-refractivity contribution in [2.45, 2.75) is 25.7 Å². The number of allylic oxidation sites excluding steroid dienone is 5. The van der Waals surface area contributed by atoms with Crippen LogP contribution in [0.4, 0.5) is 0 Å². The SMILES string of the molecule is C1=CCCC(c2ccc3c4c(C5=CCCc6c5c5ccccc5n6-c5ccccc5)cccc4n(-c4cc(-c5ccccc5)ccc4-c4nc(-c5ccccc5)nc(-c5cccc6c5sc5ccccc56)n4)c3c2)=C1. The summed E-state index contributed by atoms with van der Waals surface area (Å²) in [4.78, 5) is 16.3. The first-order valence-electron chi connectivity index (χ1n) is 26.0. The highest BCUT2D eigenvalue weighted by Crippen LogP contribution is 2.47. The molecule has 0 saturated carbocycles. The maximum atomic E-state index is 5.56. The van der Waals surface area contributed by atoms with Crippen LogP contribution in [0.15, 0.2) is 237 Å². The molecule has 0 N–H and O–H groups in total. The third-order valence-electron chi connectivity index (χ3n) is 15.4. The molecule has 0 amide bonds. The molecule has 6 heteroatoms. The Morgan fingerprint density at radius 2 is 1.11 bits per heavy atom. The molecule has 75 heavy (non-hydrogen) atoms. The summed E-state index contributed by atoms with van der Waals surface area (Å²) < 4.78 is 7.41. The Balaban J connectivity index is 1.02. The molecular weight excluding hydrogens is 931 g/mol. The van der Waals surface area contributed by atoms with Crippen molar-refractivity contribution in [3.63, 3.8) is 0 Å². The third-order valence-corrected chi connectivity index (χ3v) is 16.6. The number of para-hydroxylation sites is 2. The molecule has 0 saturated heterocycles. The van der Waals surface area contributed by atoms with Gasteiger partial charge in [-0.1, -0.05) is 182 Å². The lowest BCUT2D eigenvalue weighted by molar-refractivity contribution is 0.884. The molecule has 4 aromatic heterocycles. The van der Waals surface area contributed by atoms with Gasteiger partial charge in [-0.3, -0.25) is 0 Å². The van der Waals surface area contributed by atoms with E-state index in [4.69, 9.17) is 15.0 Å². The van der Waals surface area contributed by atoms with Crippen molar-refractivity contribution in [3.05, 3.63) is 259 Å². The number of fused-ring (bicyclic) bond motifs is 9. The minimum atomic E-state index is 0.613. The van der Waals surface area contributed by atoms with Crippen molar-refractivity contribution in [2.24, 2.45) is 0 Å². The Bertz CT molecular complexity index is 4510. The van der Waals surface area contributed by atoms with Crippen LogP contribution in [0.25, 0.3) is 121 Å². The number of nitrogens with zero attached hydrogens (tertiary/aromatic N) is 5. The van der Waals surface area contributed by atoms with Crippen molar-refractivity contribution in [1.82, 2.24) is 24.1 Å². The Labute approximate surface area is 438 Å². The maximum absolute atomic E-state index is 5.56. The summed E-state index contributed by atoms with van der Waals surface area (Å²) in [5.74, 6) is 1.89. The molecule has 0 spiro atoms. The molecule has 0 bridgehead atoms. The van der Waals surface area contributed by atoms with Gasteiger partial charge >= 0.3 is 0 Å². The van der Waals surface area contributed by atoms with Gasteiger partial charge in [-0.25, -0.2) is 15.0 Å². The van der Waals surface area contributed by atoms with Crippen LogP contribution in [0, 0.1) is 0 Å². The van der Waals surface area contributed by atoms with Gasteiger partial charge in [-0.15, -0.1) is 11.3 Å². The summed E-state index contributed by atoms with van der Waals surface area (Å²) in [6, 6.07) is 76.9. The van der Waals surface area contributed by atoms with Crippen molar-refractivity contribution in [1.29, 1.82) is 0 Å². The first kappa shape index (κ1) is 43.4. The molecule has 5 nitrogen and oxygen atoms in total. The van der Waals surface area contributed by atoms with Crippen LogP contribution < -0.4 is 0 Å². The number of benzene rings is 9. The lowest BCUT2D eigenvalue weighted by Gasteiger charge is -2.19. The number of hydrogen-bond donors (Lipinski definition) is 0. The van der Waals surface area contributed by atoms with E-state index in [0.717, 1.165) is 74.9 Å². The molecule has 0 atom stereocenters. The third kappa shape index (κ3) is 7.16. The van der Waals surface area contributed by atoms with E-state index in [1.165, 1.54) is 76.4 Å². The summed E-state index contributed by atoms with van der Waals surface area (Å²) in [7, 11) is 0. The lowest BCUT2D eigenvalue weighted by Crippen LogP contribution is -2.06. The minimum Gasteiger partial charge on any atom is -0.313 e. The molecule has 15 rings (SSSR count). The largest absolute Gasteiger partial charge is 0.313 e. The summed E-state index contributed by atoms with van der Waals surface area (Å²) in [5.41, 5.74) is 18.5. The zero-order valence-corrected chi connectivity index (χ0v) is 41.8. The van der Waals surface area contributed by atoms with Crippen LogP contribution in [-0.2, 0) is 6.42 Å². The molecule has 2 aliphatic carbocycles. The van der Waals surface area contributed by atoms with Gasteiger partial charge in [0.15, 0.2) is 17.5 Å². The highest BCUT2D eigenvalue weighted by molar-refractivity contribution is 7.26. The highest BCUT2D eigenvalue weighted by Gasteiger charge is 2.28. The van der Waals surface area contributed by atoms with Crippen LogP contribution in [0.3, 0.4) is 0 Å². The van der Waals surface area contributed by atoms with E-state index in [9.17, 15) is 0 Å². The molecule has 4 heterocycles. The predicted molar refractivity (Wildman–Crippen MR) is 314 cm³/mol. The average Bonchev–Trinajstić information content (AvgIpc) is 4.23. The van der Waals surface area contributed by atoms with Crippen LogP contribution in [0.5, 0.6) is 0 Å². The second-order valence-corrected chi connectivity index (χ2v) is 20.7. The first-order chi connectivity index (χ1) is 37.2. The molecule has 13 aromatic rings. The van der Waals surface area contributed by atoms with Crippen molar-refractivity contribution in [2.75, 3.05) is 0 Å². The van der Waals surface area contributed by atoms with E-state index in [1.807, 2.05) is 6.07 Å². The predicted octanol–water partition coefficient (Wildman–Crippen LogP) is 18.1. The molecular formula is C69H47N5S.